The lowest BCUT2D eigenvalue weighted by Gasteiger charge is -2.18. The highest BCUT2D eigenvalue weighted by Crippen LogP contribution is 2.30. The number of hydrogen-bond donors (Lipinski definition) is 1. The molecule has 0 atom stereocenters. The Morgan fingerprint density at radius 3 is 2.83 bits per heavy atom. The maximum atomic E-state index is 11.9. The fourth-order valence-corrected chi connectivity index (χ4v) is 3.12. The Hall–Kier alpha value is -2.28. The van der Waals surface area contributed by atoms with Gasteiger partial charge in [0.05, 0.1) is 0 Å². The Morgan fingerprint density at radius 1 is 1.30 bits per heavy atom. The number of fused-ring (bicyclic) bond motifs is 1. The van der Waals surface area contributed by atoms with Gasteiger partial charge >= 0.3 is 4.87 Å². The SMILES string of the molecule is Cc1csc(=O)n1CC(=O)NCCc1ccc2c(c1)OCCO2. The Balaban J connectivity index is 1.51. The summed E-state index contributed by atoms with van der Waals surface area (Å²) in [6, 6.07) is 5.79. The molecule has 0 fully saturated rings. The molecule has 6 nitrogen and oxygen atoms in total. The topological polar surface area (TPSA) is 69.6 Å². The van der Waals surface area contributed by atoms with Gasteiger partial charge in [-0.15, -0.1) is 0 Å². The summed E-state index contributed by atoms with van der Waals surface area (Å²) in [5.41, 5.74) is 1.88. The minimum absolute atomic E-state index is 0.0648. The van der Waals surface area contributed by atoms with Crippen molar-refractivity contribution < 1.29 is 14.3 Å². The number of aromatic nitrogens is 1. The molecule has 1 aliphatic heterocycles. The molecule has 0 unspecified atom stereocenters. The van der Waals surface area contributed by atoms with Gasteiger partial charge in [0.2, 0.25) is 5.91 Å². The number of nitrogens with zero attached hydrogens (tertiary/aromatic N) is 1. The van der Waals surface area contributed by atoms with Gasteiger partial charge < -0.3 is 14.8 Å². The monoisotopic (exact) mass is 334 g/mol. The van der Waals surface area contributed by atoms with Crippen molar-refractivity contribution in [2.24, 2.45) is 0 Å². The lowest BCUT2D eigenvalue weighted by atomic mass is 10.1. The average Bonchev–Trinajstić information content (AvgIpc) is 2.87. The molecule has 23 heavy (non-hydrogen) atoms. The first-order valence-corrected chi connectivity index (χ1v) is 8.31. The van der Waals surface area contributed by atoms with Gasteiger partial charge in [0.15, 0.2) is 11.5 Å². The van der Waals surface area contributed by atoms with Crippen LogP contribution in [0.1, 0.15) is 11.3 Å². The molecule has 0 saturated carbocycles. The number of carbonyl (C=O) groups excluding carboxylic acids is 1. The molecule has 0 bridgehead atoms. The van der Waals surface area contributed by atoms with E-state index in [9.17, 15) is 9.59 Å². The van der Waals surface area contributed by atoms with Gasteiger partial charge in [-0.1, -0.05) is 17.4 Å². The number of ether oxygens (including phenoxy) is 2. The van der Waals surface area contributed by atoms with Crippen molar-refractivity contribution in [3.05, 3.63) is 44.5 Å². The number of thiazole rings is 1. The number of hydrogen-bond acceptors (Lipinski definition) is 5. The average molecular weight is 334 g/mol. The molecule has 0 spiro atoms. The van der Waals surface area contributed by atoms with Crippen LogP contribution in [0.3, 0.4) is 0 Å². The molecule has 1 amide bonds. The van der Waals surface area contributed by atoms with Gasteiger partial charge in [0, 0.05) is 17.6 Å². The van der Waals surface area contributed by atoms with Crippen LogP contribution in [-0.2, 0) is 17.8 Å². The van der Waals surface area contributed by atoms with Gasteiger partial charge in [-0.2, -0.15) is 0 Å². The van der Waals surface area contributed by atoms with Crippen LogP contribution in [0, 0.1) is 6.92 Å². The summed E-state index contributed by atoms with van der Waals surface area (Å²) in [6.45, 7) is 3.53. The number of amides is 1. The number of aryl methyl sites for hydroxylation is 1. The first-order valence-electron chi connectivity index (χ1n) is 7.43. The second-order valence-corrected chi connectivity index (χ2v) is 6.13. The molecule has 0 radical (unpaired) electrons. The third-order valence-electron chi connectivity index (χ3n) is 3.62. The van der Waals surface area contributed by atoms with Crippen molar-refractivity contribution in [2.45, 2.75) is 19.9 Å². The van der Waals surface area contributed by atoms with E-state index in [1.807, 2.05) is 25.1 Å². The van der Waals surface area contributed by atoms with E-state index in [2.05, 4.69) is 5.32 Å². The molecule has 1 aliphatic rings. The maximum Gasteiger partial charge on any atom is 0.307 e. The van der Waals surface area contributed by atoms with Crippen molar-refractivity contribution in [3.8, 4) is 11.5 Å². The highest BCUT2D eigenvalue weighted by Gasteiger charge is 2.12. The third-order valence-corrected chi connectivity index (χ3v) is 4.50. The zero-order chi connectivity index (χ0) is 16.2. The van der Waals surface area contributed by atoms with E-state index in [0.717, 1.165) is 34.1 Å². The highest BCUT2D eigenvalue weighted by molar-refractivity contribution is 7.07. The second-order valence-electron chi connectivity index (χ2n) is 5.31. The number of benzene rings is 1. The molecule has 3 rings (SSSR count). The molecular formula is C16H18N2O4S. The predicted molar refractivity (Wildman–Crippen MR) is 87.5 cm³/mol. The van der Waals surface area contributed by atoms with Gasteiger partial charge in [-0.05, 0) is 31.0 Å². The Bertz CT molecular complexity index is 766. The van der Waals surface area contributed by atoms with Crippen molar-refractivity contribution >= 4 is 17.2 Å². The third kappa shape index (κ3) is 3.73. The van der Waals surface area contributed by atoms with Gasteiger partial charge in [0.1, 0.15) is 19.8 Å². The summed E-state index contributed by atoms with van der Waals surface area (Å²) in [6.07, 6.45) is 0.694. The van der Waals surface area contributed by atoms with Crippen LogP contribution in [0.4, 0.5) is 0 Å². The second kappa shape index (κ2) is 6.87. The molecule has 2 aromatic rings. The minimum Gasteiger partial charge on any atom is -0.486 e. The standard InChI is InChI=1S/C16H18N2O4S/c1-11-10-23-16(20)18(11)9-15(19)17-5-4-12-2-3-13-14(8-12)22-7-6-21-13/h2-3,8,10H,4-7,9H2,1H3,(H,17,19). The zero-order valence-corrected chi connectivity index (χ0v) is 13.6. The number of carbonyl (C=O) groups is 1. The minimum atomic E-state index is -0.161. The summed E-state index contributed by atoms with van der Waals surface area (Å²) in [5, 5.41) is 4.59. The fraction of sp³-hybridized carbons (Fsp3) is 0.375. The van der Waals surface area contributed by atoms with Gasteiger partial charge in [0.25, 0.3) is 0 Å². The van der Waals surface area contributed by atoms with E-state index in [0.29, 0.717) is 26.2 Å². The molecule has 0 saturated heterocycles. The summed E-state index contributed by atoms with van der Waals surface area (Å²) in [5.74, 6) is 1.35. The maximum absolute atomic E-state index is 11.9. The van der Waals surface area contributed by atoms with Gasteiger partial charge in [-0.25, -0.2) is 0 Å². The van der Waals surface area contributed by atoms with E-state index in [-0.39, 0.29) is 17.3 Å². The molecule has 1 N–H and O–H groups in total. The molecule has 1 aromatic heterocycles. The summed E-state index contributed by atoms with van der Waals surface area (Å²) >= 11 is 1.11. The van der Waals surface area contributed by atoms with Crippen molar-refractivity contribution in [1.82, 2.24) is 9.88 Å². The Kier molecular flexibility index (Phi) is 4.66. The van der Waals surface area contributed by atoms with Crippen molar-refractivity contribution in [3.63, 3.8) is 0 Å². The van der Waals surface area contributed by atoms with Crippen molar-refractivity contribution in [1.29, 1.82) is 0 Å². The summed E-state index contributed by atoms with van der Waals surface area (Å²) in [7, 11) is 0. The van der Waals surface area contributed by atoms with E-state index >= 15 is 0 Å². The fourth-order valence-electron chi connectivity index (χ4n) is 2.39. The lowest BCUT2D eigenvalue weighted by molar-refractivity contribution is -0.121. The highest BCUT2D eigenvalue weighted by atomic mass is 32.1. The van der Waals surface area contributed by atoms with Crippen molar-refractivity contribution in [2.75, 3.05) is 19.8 Å². The summed E-state index contributed by atoms with van der Waals surface area (Å²) in [4.78, 5) is 23.4. The number of rotatable bonds is 5. The van der Waals surface area contributed by atoms with Crippen LogP contribution < -0.4 is 19.7 Å². The first kappa shape index (κ1) is 15.6. The molecule has 7 heteroatoms. The Labute approximate surface area is 137 Å². The van der Waals surface area contributed by atoms with E-state index in [1.165, 1.54) is 4.57 Å². The van der Waals surface area contributed by atoms with Crippen LogP contribution >= 0.6 is 11.3 Å². The van der Waals surface area contributed by atoms with Crippen LogP contribution in [0.15, 0.2) is 28.4 Å². The molecule has 0 aliphatic carbocycles. The first-order chi connectivity index (χ1) is 11.1. The van der Waals surface area contributed by atoms with E-state index < -0.39 is 0 Å². The van der Waals surface area contributed by atoms with Crippen LogP contribution in [-0.4, -0.2) is 30.2 Å². The molecule has 122 valence electrons. The van der Waals surface area contributed by atoms with Crippen LogP contribution in [0.25, 0.3) is 0 Å². The smallest absolute Gasteiger partial charge is 0.307 e. The zero-order valence-electron chi connectivity index (χ0n) is 12.8. The van der Waals surface area contributed by atoms with Gasteiger partial charge in [-0.3, -0.25) is 14.2 Å². The van der Waals surface area contributed by atoms with Crippen LogP contribution in [0.5, 0.6) is 11.5 Å². The molecule has 1 aromatic carbocycles. The van der Waals surface area contributed by atoms with Crippen LogP contribution in [0.2, 0.25) is 0 Å². The largest absolute Gasteiger partial charge is 0.486 e. The normalized spacial score (nSPS) is 12.9. The Morgan fingerprint density at radius 2 is 2.09 bits per heavy atom. The van der Waals surface area contributed by atoms with E-state index in [1.54, 1.807) is 5.38 Å². The quantitative estimate of drug-likeness (QED) is 0.896. The molecular weight excluding hydrogens is 316 g/mol. The lowest BCUT2D eigenvalue weighted by Crippen LogP contribution is -2.32. The van der Waals surface area contributed by atoms with E-state index in [4.69, 9.17) is 9.47 Å². The summed E-state index contributed by atoms with van der Waals surface area (Å²) < 4.78 is 12.5. The number of nitrogens with one attached hydrogen (secondary N) is 1. The predicted octanol–water partition coefficient (Wildman–Crippen LogP) is 1.35. The molecule has 2 heterocycles.